The maximum atomic E-state index is 5.44. The van der Waals surface area contributed by atoms with Gasteiger partial charge in [0.2, 0.25) is 0 Å². The van der Waals surface area contributed by atoms with E-state index in [9.17, 15) is 0 Å². The van der Waals surface area contributed by atoms with Crippen molar-refractivity contribution in [3.63, 3.8) is 0 Å². The van der Waals surface area contributed by atoms with Crippen molar-refractivity contribution in [1.82, 2.24) is 9.88 Å². The summed E-state index contributed by atoms with van der Waals surface area (Å²) in [6, 6.07) is 3.79. The highest BCUT2D eigenvalue weighted by molar-refractivity contribution is 5.29. The zero-order chi connectivity index (χ0) is 11.7. The van der Waals surface area contributed by atoms with Gasteiger partial charge in [0.1, 0.15) is 5.69 Å². The average molecular weight is 205 g/mol. The Morgan fingerprint density at radius 2 is 2.00 bits per heavy atom. The molecule has 0 amide bonds. The van der Waals surface area contributed by atoms with Crippen molar-refractivity contribution in [3.05, 3.63) is 29.6 Å². The summed E-state index contributed by atoms with van der Waals surface area (Å²) < 4.78 is 0. The SMILES string of the molecule is CC#Cc1cc(CN)ccn1.CN(C)C. The van der Waals surface area contributed by atoms with Crippen LogP contribution in [-0.2, 0) is 6.54 Å². The molecule has 0 radical (unpaired) electrons. The number of hydrogen-bond acceptors (Lipinski definition) is 3. The fraction of sp³-hybridized carbons (Fsp3) is 0.417. The van der Waals surface area contributed by atoms with Gasteiger partial charge in [-0.2, -0.15) is 0 Å². The Balaban J connectivity index is 0.000000423. The second kappa shape index (κ2) is 7.98. The minimum absolute atomic E-state index is 0.543. The van der Waals surface area contributed by atoms with Crippen LogP contribution in [0, 0.1) is 11.8 Å². The van der Waals surface area contributed by atoms with E-state index < -0.39 is 0 Å². The second-order valence-electron chi connectivity index (χ2n) is 3.47. The number of rotatable bonds is 1. The molecule has 3 heteroatoms. The van der Waals surface area contributed by atoms with Crippen molar-refractivity contribution >= 4 is 0 Å². The van der Waals surface area contributed by atoms with Gasteiger partial charge >= 0.3 is 0 Å². The number of nitrogens with two attached hydrogens (primary N) is 1. The third kappa shape index (κ3) is 7.68. The smallest absolute Gasteiger partial charge is 0.113 e. The van der Waals surface area contributed by atoms with Gasteiger partial charge < -0.3 is 10.6 Å². The molecule has 0 saturated heterocycles. The van der Waals surface area contributed by atoms with Crippen LogP contribution in [0.2, 0.25) is 0 Å². The summed E-state index contributed by atoms with van der Waals surface area (Å²) in [5, 5.41) is 0. The molecule has 82 valence electrons. The first kappa shape index (κ1) is 13.6. The van der Waals surface area contributed by atoms with Gasteiger partial charge in [-0.3, -0.25) is 0 Å². The number of pyridine rings is 1. The monoisotopic (exact) mass is 205 g/mol. The molecule has 0 aliphatic heterocycles. The lowest BCUT2D eigenvalue weighted by Crippen LogP contribution is -1.99. The predicted octanol–water partition coefficient (Wildman–Crippen LogP) is 1.09. The fourth-order valence-electron chi connectivity index (χ4n) is 0.798. The Bertz CT molecular complexity index is 331. The lowest BCUT2D eigenvalue weighted by Gasteiger charge is -1.94. The molecule has 0 saturated carbocycles. The molecule has 0 unspecified atom stereocenters. The Labute approximate surface area is 92.3 Å². The minimum atomic E-state index is 0.543. The van der Waals surface area contributed by atoms with Gasteiger partial charge in [-0.25, -0.2) is 4.98 Å². The van der Waals surface area contributed by atoms with Crippen molar-refractivity contribution in [2.45, 2.75) is 13.5 Å². The number of nitrogens with zero attached hydrogens (tertiary/aromatic N) is 2. The summed E-state index contributed by atoms with van der Waals surface area (Å²) in [4.78, 5) is 6.05. The lowest BCUT2D eigenvalue weighted by molar-refractivity contribution is 0.505. The highest BCUT2D eigenvalue weighted by atomic mass is 15.0. The van der Waals surface area contributed by atoms with E-state index in [2.05, 4.69) is 16.8 Å². The van der Waals surface area contributed by atoms with Gasteiger partial charge in [-0.05, 0) is 51.7 Å². The van der Waals surface area contributed by atoms with E-state index in [4.69, 9.17) is 5.73 Å². The van der Waals surface area contributed by atoms with E-state index >= 15 is 0 Å². The van der Waals surface area contributed by atoms with Crippen molar-refractivity contribution in [2.75, 3.05) is 21.1 Å². The van der Waals surface area contributed by atoms with Crippen molar-refractivity contribution in [3.8, 4) is 11.8 Å². The summed E-state index contributed by atoms with van der Waals surface area (Å²) in [5.74, 6) is 5.65. The third-order valence-corrected chi connectivity index (χ3v) is 1.31. The van der Waals surface area contributed by atoms with Crippen molar-refractivity contribution < 1.29 is 0 Å². The summed E-state index contributed by atoms with van der Waals surface area (Å²) in [5.41, 5.74) is 7.29. The van der Waals surface area contributed by atoms with E-state index in [1.54, 1.807) is 13.1 Å². The summed E-state index contributed by atoms with van der Waals surface area (Å²) in [7, 11) is 6.00. The Kier molecular flexibility index (Phi) is 7.25. The molecule has 2 N–H and O–H groups in total. The van der Waals surface area contributed by atoms with Crippen LogP contribution in [0.25, 0.3) is 0 Å². The molecule has 1 rings (SSSR count). The molecule has 1 aromatic rings. The van der Waals surface area contributed by atoms with Crippen LogP contribution in [0.3, 0.4) is 0 Å². The van der Waals surface area contributed by atoms with Gasteiger partial charge in [0, 0.05) is 12.7 Å². The minimum Gasteiger partial charge on any atom is -0.326 e. The van der Waals surface area contributed by atoms with Gasteiger partial charge in [0.25, 0.3) is 0 Å². The van der Waals surface area contributed by atoms with E-state index in [-0.39, 0.29) is 0 Å². The Morgan fingerprint density at radius 1 is 1.40 bits per heavy atom. The zero-order valence-corrected chi connectivity index (χ0v) is 9.91. The first-order valence-electron chi connectivity index (χ1n) is 4.78. The normalized spacial score (nSPS) is 8.67. The molecule has 0 spiro atoms. The Morgan fingerprint density at radius 3 is 2.47 bits per heavy atom. The number of hydrogen-bond donors (Lipinski definition) is 1. The van der Waals surface area contributed by atoms with E-state index in [0.717, 1.165) is 11.3 Å². The van der Waals surface area contributed by atoms with Gasteiger partial charge in [-0.1, -0.05) is 5.92 Å². The van der Waals surface area contributed by atoms with E-state index in [1.807, 2.05) is 38.2 Å². The molecule has 1 heterocycles. The topological polar surface area (TPSA) is 42.1 Å². The van der Waals surface area contributed by atoms with Crippen LogP contribution >= 0.6 is 0 Å². The molecule has 0 aromatic carbocycles. The molecule has 3 nitrogen and oxygen atoms in total. The second-order valence-corrected chi connectivity index (χ2v) is 3.47. The van der Waals surface area contributed by atoms with Gasteiger partial charge in [0.15, 0.2) is 0 Å². The summed E-state index contributed by atoms with van der Waals surface area (Å²) in [6.45, 7) is 2.33. The molecular formula is C12H19N3. The quantitative estimate of drug-likeness (QED) is 0.698. The maximum Gasteiger partial charge on any atom is 0.113 e. The molecule has 1 aromatic heterocycles. The van der Waals surface area contributed by atoms with Crippen LogP contribution in [0.15, 0.2) is 18.3 Å². The summed E-state index contributed by atoms with van der Waals surface area (Å²) >= 11 is 0. The van der Waals surface area contributed by atoms with Crippen LogP contribution in [0.4, 0.5) is 0 Å². The standard InChI is InChI=1S/C9H10N2.C3H9N/c1-2-3-9-6-8(7-10)4-5-11-9;1-4(2)3/h4-6H,7,10H2,1H3;1-3H3. The summed E-state index contributed by atoms with van der Waals surface area (Å²) in [6.07, 6.45) is 1.72. The highest BCUT2D eigenvalue weighted by Gasteiger charge is 1.90. The van der Waals surface area contributed by atoms with Crippen LogP contribution < -0.4 is 5.73 Å². The van der Waals surface area contributed by atoms with Crippen molar-refractivity contribution in [1.29, 1.82) is 0 Å². The molecule has 0 fully saturated rings. The third-order valence-electron chi connectivity index (χ3n) is 1.31. The maximum absolute atomic E-state index is 5.44. The van der Waals surface area contributed by atoms with Crippen LogP contribution in [-0.4, -0.2) is 31.0 Å². The largest absolute Gasteiger partial charge is 0.326 e. The average Bonchev–Trinajstić information content (AvgIpc) is 2.18. The van der Waals surface area contributed by atoms with Gasteiger partial charge in [-0.15, -0.1) is 0 Å². The molecule has 0 aliphatic carbocycles. The predicted molar refractivity (Wildman–Crippen MR) is 64.3 cm³/mol. The lowest BCUT2D eigenvalue weighted by atomic mass is 10.2. The first-order valence-corrected chi connectivity index (χ1v) is 4.78. The molecule has 0 bridgehead atoms. The first-order chi connectivity index (χ1) is 7.10. The number of aromatic nitrogens is 1. The van der Waals surface area contributed by atoms with Gasteiger partial charge in [0.05, 0.1) is 0 Å². The fourth-order valence-corrected chi connectivity index (χ4v) is 0.798. The van der Waals surface area contributed by atoms with Crippen molar-refractivity contribution in [2.24, 2.45) is 5.73 Å². The van der Waals surface area contributed by atoms with E-state index in [0.29, 0.717) is 6.54 Å². The zero-order valence-electron chi connectivity index (χ0n) is 9.91. The highest BCUT2D eigenvalue weighted by Crippen LogP contribution is 1.98. The molecule has 0 aliphatic rings. The van der Waals surface area contributed by atoms with Crippen LogP contribution in [0.5, 0.6) is 0 Å². The Hall–Kier alpha value is -1.37. The van der Waals surface area contributed by atoms with E-state index in [1.165, 1.54) is 0 Å². The molecule has 15 heavy (non-hydrogen) atoms. The molecular weight excluding hydrogens is 186 g/mol. The molecule has 0 atom stereocenters. The van der Waals surface area contributed by atoms with Crippen LogP contribution in [0.1, 0.15) is 18.2 Å².